The van der Waals surface area contributed by atoms with E-state index in [2.05, 4.69) is 15.7 Å². The number of nitrogens with one attached hydrogen (secondary N) is 2. The number of hydrogen-bond acceptors (Lipinski definition) is 4. The minimum atomic E-state index is -0.798. The molecule has 28 heavy (non-hydrogen) atoms. The van der Waals surface area contributed by atoms with Crippen LogP contribution in [0.5, 0.6) is 0 Å². The molecule has 3 aromatic rings. The van der Waals surface area contributed by atoms with Gasteiger partial charge in [0.2, 0.25) is 5.91 Å². The number of rotatable bonds is 7. The van der Waals surface area contributed by atoms with Gasteiger partial charge >= 0.3 is 6.09 Å². The molecular formula is C21H22N4O3. The Bertz CT molecular complexity index is 910. The van der Waals surface area contributed by atoms with Gasteiger partial charge in [-0.3, -0.25) is 9.48 Å². The molecule has 144 valence electrons. The number of alkyl carbamates (subject to hydrolysis) is 1. The van der Waals surface area contributed by atoms with Crippen LogP contribution in [0.2, 0.25) is 0 Å². The fraction of sp³-hybridized carbons (Fsp3) is 0.190. The van der Waals surface area contributed by atoms with Crippen LogP contribution in [0.1, 0.15) is 11.1 Å². The van der Waals surface area contributed by atoms with E-state index in [9.17, 15) is 9.59 Å². The molecule has 2 N–H and O–H groups in total. The van der Waals surface area contributed by atoms with Crippen LogP contribution in [0.15, 0.2) is 72.9 Å². The van der Waals surface area contributed by atoms with Crippen molar-refractivity contribution < 1.29 is 14.3 Å². The molecule has 0 aliphatic carbocycles. The lowest BCUT2D eigenvalue weighted by atomic mass is 10.1. The molecule has 1 unspecified atom stereocenters. The average molecular weight is 378 g/mol. The number of nitrogens with zero attached hydrogens (tertiary/aromatic N) is 2. The van der Waals surface area contributed by atoms with Gasteiger partial charge in [0.15, 0.2) is 5.82 Å². The van der Waals surface area contributed by atoms with Crippen molar-refractivity contribution in [2.24, 2.45) is 7.05 Å². The zero-order valence-electron chi connectivity index (χ0n) is 15.5. The zero-order valence-corrected chi connectivity index (χ0v) is 15.5. The number of carbonyl (C=O) groups is 2. The highest BCUT2D eigenvalue weighted by Gasteiger charge is 2.22. The van der Waals surface area contributed by atoms with Crippen LogP contribution in [0, 0.1) is 0 Å². The van der Waals surface area contributed by atoms with Crippen LogP contribution in [0.4, 0.5) is 10.6 Å². The van der Waals surface area contributed by atoms with E-state index < -0.39 is 12.1 Å². The number of hydrogen-bond donors (Lipinski definition) is 2. The van der Waals surface area contributed by atoms with E-state index in [0.29, 0.717) is 12.2 Å². The summed E-state index contributed by atoms with van der Waals surface area (Å²) in [6.45, 7) is 0.132. The minimum Gasteiger partial charge on any atom is -0.445 e. The Morgan fingerprint density at radius 1 is 1.00 bits per heavy atom. The molecule has 0 fully saturated rings. The third-order valence-corrected chi connectivity index (χ3v) is 4.07. The molecule has 2 amide bonds. The second-order valence-electron chi connectivity index (χ2n) is 6.31. The normalized spacial score (nSPS) is 11.5. The number of aryl methyl sites for hydroxylation is 1. The Balaban J connectivity index is 1.64. The van der Waals surface area contributed by atoms with Gasteiger partial charge in [0.05, 0.1) is 0 Å². The average Bonchev–Trinajstić information content (AvgIpc) is 3.12. The van der Waals surface area contributed by atoms with E-state index in [1.165, 1.54) is 0 Å². The fourth-order valence-corrected chi connectivity index (χ4v) is 2.66. The van der Waals surface area contributed by atoms with Crippen LogP contribution < -0.4 is 10.6 Å². The van der Waals surface area contributed by atoms with Gasteiger partial charge in [-0.2, -0.15) is 5.10 Å². The second kappa shape index (κ2) is 9.36. The highest BCUT2D eigenvalue weighted by molar-refractivity contribution is 5.96. The van der Waals surface area contributed by atoms with Gasteiger partial charge in [0.25, 0.3) is 0 Å². The Morgan fingerprint density at radius 3 is 2.25 bits per heavy atom. The SMILES string of the molecule is Cn1ccc(NC(=O)C(Cc2ccccc2)NC(=O)OCc2ccccc2)n1. The van der Waals surface area contributed by atoms with Gasteiger partial charge in [-0.25, -0.2) is 4.79 Å². The van der Waals surface area contributed by atoms with E-state index >= 15 is 0 Å². The van der Waals surface area contributed by atoms with Crippen molar-refractivity contribution in [1.29, 1.82) is 0 Å². The van der Waals surface area contributed by atoms with E-state index in [1.54, 1.807) is 24.0 Å². The first-order valence-electron chi connectivity index (χ1n) is 8.92. The second-order valence-corrected chi connectivity index (χ2v) is 6.31. The highest BCUT2D eigenvalue weighted by Crippen LogP contribution is 2.08. The van der Waals surface area contributed by atoms with Crippen LogP contribution in [-0.4, -0.2) is 27.8 Å². The molecule has 1 atom stereocenters. The largest absolute Gasteiger partial charge is 0.445 e. The molecule has 0 saturated carbocycles. The summed E-state index contributed by atoms with van der Waals surface area (Å²) < 4.78 is 6.84. The summed E-state index contributed by atoms with van der Waals surface area (Å²) in [5.41, 5.74) is 1.79. The molecule has 0 bridgehead atoms. The third kappa shape index (κ3) is 5.70. The fourth-order valence-electron chi connectivity index (χ4n) is 2.66. The number of aromatic nitrogens is 2. The molecule has 0 spiro atoms. The number of ether oxygens (including phenoxy) is 1. The van der Waals surface area contributed by atoms with E-state index in [1.807, 2.05) is 60.7 Å². The molecular weight excluding hydrogens is 356 g/mol. The lowest BCUT2D eigenvalue weighted by Gasteiger charge is -2.18. The Morgan fingerprint density at radius 2 is 1.64 bits per heavy atom. The van der Waals surface area contributed by atoms with Crippen molar-refractivity contribution in [2.45, 2.75) is 19.1 Å². The molecule has 7 nitrogen and oxygen atoms in total. The maximum atomic E-state index is 12.7. The number of anilines is 1. The van der Waals surface area contributed by atoms with Gasteiger partial charge in [0.1, 0.15) is 12.6 Å². The smallest absolute Gasteiger partial charge is 0.408 e. The Kier molecular flexibility index (Phi) is 6.41. The first-order valence-corrected chi connectivity index (χ1v) is 8.92. The molecule has 2 aromatic carbocycles. The van der Waals surface area contributed by atoms with Gasteiger partial charge in [-0.1, -0.05) is 60.7 Å². The maximum Gasteiger partial charge on any atom is 0.408 e. The van der Waals surface area contributed by atoms with Crippen molar-refractivity contribution in [3.8, 4) is 0 Å². The summed E-state index contributed by atoms with van der Waals surface area (Å²) in [6.07, 6.45) is 1.41. The minimum absolute atomic E-state index is 0.132. The Hall–Kier alpha value is -3.61. The lowest BCUT2D eigenvalue weighted by Crippen LogP contribution is -2.45. The first kappa shape index (κ1) is 19.2. The summed E-state index contributed by atoms with van der Waals surface area (Å²) in [4.78, 5) is 25.0. The third-order valence-electron chi connectivity index (χ3n) is 4.07. The monoisotopic (exact) mass is 378 g/mol. The molecule has 0 radical (unpaired) electrons. The van der Waals surface area contributed by atoms with Crippen molar-refractivity contribution in [3.63, 3.8) is 0 Å². The molecule has 3 rings (SSSR count). The van der Waals surface area contributed by atoms with Crippen molar-refractivity contribution in [2.75, 3.05) is 5.32 Å². The van der Waals surface area contributed by atoms with E-state index in [0.717, 1.165) is 11.1 Å². The van der Waals surface area contributed by atoms with Crippen LogP contribution in [-0.2, 0) is 29.6 Å². The molecule has 0 aliphatic heterocycles. The summed E-state index contributed by atoms with van der Waals surface area (Å²) >= 11 is 0. The van der Waals surface area contributed by atoms with Crippen molar-refractivity contribution in [3.05, 3.63) is 84.1 Å². The summed E-state index contributed by atoms with van der Waals surface area (Å²) in [5.74, 6) is 0.0595. The van der Waals surface area contributed by atoms with Crippen molar-refractivity contribution in [1.82, 2.24) is 15.1 Å². The molecule has 1 aromatic heterocycles. The van der Waals surface area contributed by atoms with Crippen LogP contribution in [0.3, 0.4) is 0 Å². The van der Waals surface area contributed by atoms with Gasteiger partial charge in [0, 0.05) is 25.7 Å². The van der Waals surface area contributed by atoms with Crippen molar-refractivity contribution >= 4 is 17.8 Å². The standard InChI is InChI=1S/C21H22N4O3/c1-25-13-12-19(24-25)23-20(26)18(14-16-8-4-2-5-9-16)22-21(27)28-15-17-10-6-3-7-11-17/h2-13,18H,14-15H2,1H3,(H,22,27)(H,23,24,26). The highest BCUT2D eigenvalue weighted by atomic mass is 16.5. The Labute approximate surface area is 163 Å². The molecule has 7 heteroatoms. The van der Waals surface area contributed by atoms with Crippen LogP contribution in [0.25, 0.3) is 0 Å². The molecule has 0 saturated heterocycles. The number of benzene rings is 2. The summed E-state index contributed by atoms with van der Waals surface area (Å²) in [6, 6.07) is 19.7. The number of amides is 2. The summed E-state index contributed by atoms with van der Waals surface area (Å²) in [5, 5.41) is 9.51. The van der Waals surface area contributed by atoms with E-state index in [-0.39, 0.29) is 12.5 Å². The van der Waals surface area contributed by atoms with Gasteiger partial charge < -0.3 is 15.4 Å². The van der Waals surface area contributed by atoms with Gasteiger partial charge in [-0.05, 0) is 11.1 Å². The lowest BCUT2D eigenvalue weighted by molar-refractivity contribution is -0.118. The van der Waals surface area contributed by atoms with Crippen LogP contribution >= 0.6 is 0 Å². The quantitative estimate of drug-likeness (QED) is 0.662. The summed E-state index contributed by atoms with van der Waals surface area (Å²) in [7, 11) is 1.76. The van der Waals surface area contributed by atoms with Gasteiger partial charge in [-0.15, -0.1) is 0 Å². The predicted octanol–water partition coefficient (Wildman–Crippen LogP) is 2.90. The topological polar surface area (TPSA) is 85.2 Å². The first-order chi connectivity index (χ1) is 13.6. The predicted molar refractivity (Wildman–Crippen MR) is 106 cm³/mol. The zero-order chi connectivity index (χ0) is 19.8. The number of carbonyl (C=O) groups excluding carboxylic acids is 2. The maximum absolute atomic E-state index is 12.7. The molecule has 0 aliphatic rings. The molecule has 1 heterocycles. The van der Waals surface area contributed by atoms with E-state index in [4.69, 9.17) is 4.74 Å².